The van der Waals surface area contributed by atoms with Crippen LogP contribution in [0.5, 0.6) is 11.5 Å². The number of aromatic hydroxyl groups is 1. The molecule has 0 amide bonds. The lowest BCUT2D eigenvalue weighted by Gasteiger charge is -2.15. The van der Waals surface area contributed by atoms with Crippen molar-refractivity contribution < 1.29 is 32.5 Å². The highest BCUT2D eigenvalue weighted by Crippen LogP contribution is 2.37. The minimum atomic E-state index is -5.02. The number of alkyl halides is 4. The summed E-state index contributed by atoms with van der Waals surface area (Å²) in [6, 6.07) is 0. The zero-order chi connectivity index (χ0) is 15.3. The van der Waals surface area contributed by atoms with Crippen molar-refractivity contribution in [3.05, 3.63) is 17.5 Å². The minimum Gasteiger partial charge on any atom is -0.503 e. The van der Waals surface area contributed by atoms with Gasteiger partial charge in [-0.3, -0.25) is 9.78 Å². The van der Waals surface area contributed by atoms with Crippen LogP contribution < -0.4 is 4.74 Å². The maximum Gasteiger partial charge on any atom is 0.573 e. The summed E-state index contributed by atoms with van der Waals surface area (Å²) >= 11 is 5.43. The number of carbonyl (C=O) groups excluding carboxylic acids is 1. The van der Waals surface area contributed by atoms with E-state index in [4.69, 9.17) is 11.6 Å². The Morgan fingerprint density at radius 2 is 2.15 bits per heavy atom. The van der Waals surface area contributed by atoms with Gasteiger partial charge < -0.3 is 14.6 Å². The topological polar surface area (TPSA) is 68.7 Å². The summed E-state index contributed by atoms with van der Waals surface area (Å²) in [5, 5.41) is 9.65. The smallest absolute Gasteiger partial charge is 0.503 e. The summed E-state index contributed by atoms with van der Waals surface area (Å²) in [5.41, 5.74) is -0.425. The Labute approximate surface area is 117 Å². The zero-order valence-electron chi connectivity index (χ0n) is 10.3. The van der Waals surface area contributed by atoms with Gasteiger partial charge in [-0.25, -0.2) is 0 Å². The fourth-order valence-electron chi connectivity index (χ4n) is 1.38. The van der Waals surface area contributed by atoms with Crippen LogP contribution in [0.3, 0.4) is 0 Å². The van der Waals surface area contributed by atoms with Gasteiger partial charge in [-0.15, -0.1) is 24.8 Å². The first-order chi connectivity index (χ1) is 9.28. The van der Waals surface area contributed by atoms with Crippen LogP contribution in [0.2, 0.25) is 0 Å². The van der Waals surface area contributed by atoms with E-state index < -0.39 is 30.3 Å². The lowest BCUT2D eigenvalue weighted by Crippen LogP contribution is -2.19. The third kappa shape index (κ3) is 4.44. The predicted molar refractivity (Wildman–Crippen MR) is 62.5 cm³/mol. The number of esters is 1. The number of aromatic nitrogens is 1. The van der Waals surface area contributed by atoms with Gasteiger partial charge in [0.05, 0.1) is 18.9 Å². The van der Waals surface area contributed by atoms with Crippen molar-refractivity contribution in [1.29, 1.82) is 0 Å². The summed E-state index contributed by atoms with van der Waals surface area (Å²) < 4.78 is 45.3. The number of halogens is 4. The first-order valence-electron chi connectivity index (χ1n) is 5.45. The second-order valence-corrected chi connectivity index (χ2v) is 3.84. The SMILES string of the molecule is CCOC(=O)Cc1cnc(CCl)c(O)c1OC(F)(F)F. The number of pyridine rings is 1. The Hall–Kier alpha value is -1.70. The van der Waals surface area contributed by atoms with Crippen molar-refractivity contribution in [3.8, 4) is 11.5 Å². The molecule has 1 rings (SSSR count). The molecule has 0 aliphatic rings. The van der Waals surface area contributed by atoms with Crippen LogP contribution >= 0.6 is 11.6 Å². The Morgan fingerprint density at radius 1 is 1.50 bits per heavy atom. The molecule has 0 atom stereocenters. The summed E-state index contributed by atoms with van der Waals surface area (Å²) in [5.74, 6) is -2.81. The van der Waals surface area contributed by atoms with Gasteiger partial charge in [0, 0.05) is 11.8 Å². The van der Waals surface area contributed by atoms with E-state index in [9.17, 15) is 23.1 Å². The van der Waals surface area contributed by atoms with Gasteiger partial charge in [-0.2, -0.15) is 0 Å². The van der Waals surface area contributed by atoms with E-state index in [-0.39, 0.29) is 23.7 Å². The Balaban J connectivity index is 3.15. The van der Waals surface area contributed by atoms with Gasteiger partial charge in [0.25, 0.3) is 0 Å². The Kier molecular flexibility index (Phi) is 5.43. The van der Waals surface area contributed by atoms with E-state index in [1.165, 1.54) is 0 Å². The molecule has 0 spiro atoms. The Morgan fingerprint density at radius 3 is 2.65 bits per heavy atom. The summed E-state index contributed by atoms with van der Waals surface area (Å²) in [4.78, 5) is 15.0. The highest BCUT2D eigenvalue weighted by molar-refractivity contribution is 6.17. The molecule has 1 N–H and O–H groups in total. The van der Waals surface area contributed by atoms with Gasteiger partial charge >= 0.3 is 12.3 Å². The van der Waals surface area contributed by atoms with Crippen LogP contribution in [0.15, 0.2) is 6.20 Å². The molecule has 9 heteroatoms. The van der Waals surface area contributed by atoms with Crippen molar-refractivity contribution in [2.24, 2.45) is 0 Å². The standard InChI is InChI=1S/C11H11ClF3NO4/c1-2-19-8(17)3-6-5-16-7(4-12)9(18)10(6)20-11(13,14)15/h5,18H,2-4H2,1H3. The molecule has 0 unspecified atom stereocenters. The molecule has 5 nitrogen and oxygen atoms in total. The van der Waals surface area contributed by atoms with E-state index in [2.05, 4.69) is 14.5 Å². The largest absolute Gasteiger partial charge is 0.573 e. The van der Waals surface area contributed by atoms with Crippen molar-refractivity contribution >= 4 is 17.6 Å². The molecule has 0 fully saturated rings. The van der Waals surface area contributed by atoms with E-state index in [0.29, 0.717) is 0 Å². The van der Waals surface area contributed by atoms with Gasteiger partial charge in [-0.05, 0) is 6.92 Å². The van der Waals surface area contributed by atoms with Crippen molar-refractivity contribution in [3.63, 3.8) is 0 Å². The van der Waals surface area contributed by atoms with Crippen LogP contribution in [-0.2, 0) is 21.8 Å². The predicted octanol–water partition coefficient (Wildman–Crippen LogP) is 2.53. The van der Waals surface area contributed by atoms with Crippen molar-refractivity contribution in [2.75, 3.05) is 6.61 Å². The molecular weight excluding hydrogens is 303 g/mol. The van der Waals surface area contributed by atoms with Crippen LogP contribution in [-0.4, -0.2) is 29.0 Å². The average Bonchev–Trinajstić information content (AvgIpc) is 2.33. The molecule has 0 radical (unpaired) electrons. The molecular formula is C11H11ClF3NO4. The number of hydrogen-bond acceptors (Lipinski definition) is 5. The fourth-order valence-corrected chi connectivity index (χ4v) is 1.58. The van der Waals surface area contributed by atoms with Gasteiger partial charge in [0.15, 0.2) is 11.5 Å². The third-order valence-electron chi connectivity index (χ3n) is 2.14. The summed E-state index contributed by atoms with van der Waals surface area (Å²) in [6.45, 7) is 1.63. The van der Waals surface area contributed by atoms with Crippen LogP contribution in [0, 0.1) is 0 Å². The summed E-state index contributed by atoms with van der Waals surface area (Å²) in [7, 11) is 0. The maximum absolute atomic E-state index is 12.3. The molecule has 0 aliphatic carbocycles. The van der Waals surface area contributed by atoms with E-state index in [1.54, 1.807) is 6.92 Å². The number of nitrogens with zero attached hydrogens (tertiary/aromatic N) is 1. The molecule has 0 saturated carbocycles. The molecule has 112 valence electrons. The highest BCUT2D eigenvalue weighted by Gasteiger charge is 2.34. The van der Waals surface area contributed by atoms with Crippen molar-refractivity contribution in [2.45, 2.75) is 25.6 Å². The second kappa shape index (κ2) is 6.65. The molecule has 1 heterocycles. The molecule has 0 aliphatic heterocycles. The molecule has 20 heavy (non-hydrogen) atoms. The van der Waals surface area contributed by atoms with Gasteiger partial charge in [0.1, 0.15) is 5.69 Å². The number of carbonyl (C=O) groups is 1. The number of hydrogen-bond donors (Lipinski definition) is 1. The van der Waals surface area contributed by atoms with Crippen LogP contribution in [0.1, 0.15) is 18.2 Å². The fraction of sp³-hybridized carbons (Fsp3) is 0.455. The number of rotatable bonds is 5. The number of ether oxygens (including phenoxy) is 2. The molecule has 0 bridgehead atoms. The molecule has 0 aromatic carbocycles. The monoisotopic (exact) mass is 313 g/mol. The minimum absolute atomic E-state index is 0.0769. The van der Waals surface area contributed by atoms with Crippen molar-refractivity contribution in [1.82, 2.24) is 4.98 Å². The summed E-state index contributed by atoms with van der Waals surface area (Å²) in [6.07, 6.45) is -4.55. The van der Waals surface area contributed by atoms with Crippen LogP contribution in [0.4, 0.5) is 13.2 Å². The van der Waals surface area contributed by atoms with Gasteiger partial charge in [0.2, 0.25) is 0 Å². The zero-order valence-corrected chi connectivity index (χ0v) is 11.1. The van der Waals surface area contributed by atoms with Gasteiger partial charge in [-0.1, -0.05) is 0 Å². The normalized spacial score (nSPS) is 11.2. The maximum atomic E-state index is 12.3. The Bertz CT molecular complexity index is 493. The highest BCUT2D eigenvalue weighted by atomic mass is 35.5. The molecule has 0 saturated heterocycles. The van der Waals surface area contributed by atoms with E-state index >= 15 is 0 Å². The lowest BCUT2D eigenvalue weighted by atomic mass is 10.1. The lowest BCUT2D eigenvalue weighted by molar-refractivity contribution is -0.275. The average molecular weight is 314 g/mol. The van der Waals surface area contributed by atoms with E-state index in [1.807, 2.05) is 0 Å². The quantitative estimate of drug-likeness (QED) is 0.668. The van der Waals surface area contributed by atoms with Crippen LogP contribution in [0.25, 0.3) is 0 Å². The first-order valence-corrected chi connectivity index (χ1v) is 5.99. The first kappa shape index (κ1) is 16.4. The van der Waals surface area contributed by atoms with E-state index in [0.717, 1.165) is 6.20 Å². The molecule has 1 aromatic heterocycles. The third-order valence-corrected chi connectivity index (χ3v) is 2.39. The molecule has 1 aromatic rings. The second-order valence-electron chi connectivity index (χ2n) is 3.57.